The maximum atomic E-state index is 2.59. The Balaban J connectivity index is 0.00000250. The Morgan fingerprint density at radius 3 is 1.91 bits per heavy atom. The predicted octanol–water partition coefficient (Wildman–Crippen LogP) is 4.17. The fourth-order valence-electron chi connectivity index (χ4n) is 8.34. The van der Waals surface area contributed by atoms with Gasteiger partial charge in [0.1, 0.15) is 0 Å². The zero-order valence-electron chi connectivity index (χ0n) is 28.9. The first-order valence-corrected chi connectivity index (χ1v) is 20.0. The molecule has 1 atom stereocenters. The number of rotatable bonds is 12. The minimum atomic E-state index is -1.31. The van der Waals surface area contributed by atoms with Crippen LogP contribution in [0.3, 0.4) is 0 Å². The number of hydrogen-bond acceptors (Lipinski definition) is 0. The summed E-state index contributed by atoms with van der Waals surface area (Å²) in [5.74, 6) is 0. The summed E-state index contributed by atoms with van der Waals surface area (Å²) < 4.78 is 3.30. The van der Waals surface area contributed by atoms with E-state index < -0.39 is 22.8 Å². The van der Waals surface area contributed by atoms with Crippen LogP contribution < -0.4 is 35.3 Å². The Morgan fingerprint density at radius 2 is 1.38 bits per heavy atom. The van der Waals surface area contributed by atoms with Crippen LogP contribution in [0.4, 0.5) is 0 Å². The van der Waals surface area contributed by atoms with E-state index in [1.807, 2.05) is 0 Å². The molecule has 3 aliphatic carbocycles. The first-order valence-electron chi connectivity index (χ1n) is 17.6. The zero-order chi connectivity index (χ0) is 31.4. The van der Waals surface area contributed by atoms with Crippen molar-refractivity contribution in [1.82, 2.24) is 0 Å². The van der Waals surface area contributed by atoms with Crippen LogP contribution in [0.1, 0.15) is 103 Å². The van der Waals surface area contributed by atoms with Gasteiger partial charge in [-0.25, -0.2) is 0 Å². The molecule has 3 aromatic carbocycles. The van der Waals surface area contributed by atoms with Crippen molar-refractivity contribution in [2.45, 2.75) is 92.4 Å². The standard InChI is InChI=1S/C31H39.C13H10.2ClH.Zr/c1-6-13-26-28(14-7-2)31(10-5,19-8-3)30(23-15-11-12-16-23)27-21-24-20-22(9-4)17-18-25(24)29(26)27;1-3-7-12(8-4-1)11-13-9-5-2-6-10-13;;;/h11-12,15,17-18,20H,6-10,13-14,16,19H2,1-5H3;1-10H;2*1H;/q;;;;+2/p-2. The Morgan fingerprint density at radius 1 is 0.723 bits per heavy atom. The second-order valence-electron chi connectivity index (χ2n) is 12.9. The molecule has 0 N–H and O–H groups in total. The Labute approximate surface area is 307 Å². The number of allylic oxidation sites excluding steroid dienone is 8. The van der Waals surface area contributed by atoms with E-state index in [1.165, 1.54) is 66.9 Å². The molecule has 0 aromatic heterocycles. The van der Waals surface area contributed by atoms with Crippen molar-refractivity contribution in [3.8, 4) is 0 Å². The minimum absolute atomic E-state index is 0. The number of benzene rings is 3. The van der Waals surface area contributed by atoms with Crippen LogP contribution in [-0.2, 0) is 29.2 Å². The number of aryl methyl sites for hydroxylation is 1. The molecule has 0 bridgehead atoms. The van der Waals surface area contributed by atoms with Crippen molar-refractivity contribution in [2.75, 3.05) is 0 Å². The molecule has 3 aromatic rings. The van der Waals surface area contributed by atoms with Crippen LogP contribution in [-0.4, -0.2) is 3.21 Å². The molecule has 3 aliphatic rings. The summed E-state index contributed by atoms with van der Waals surface area (Å²) in [4.78, 5) is 0. The van der Waals surface area contributed by atoms with E-state index in [-0.39, 0.29) is 30.2 Å². The van der Waals surface area contributed by atoms with E-state index in [2.05, 4.69) is 132 Å². The van der Waals surface area contributed by atoms with Crippen molar-refractivity contribution in [1.29, 1.82) is 0 Å². The van der Waals surface area contributed by atoms with Gasteiger partial charge in [0.25, 0.3) is 0 Å². The van der Waals surface area contributed by atoms with Crippen molar-refractivity contribution >= 4 is 12.1 Å². The summed E-state index contributed by atoms with van der Waals surface area (Å²) in [5, 5.41) is 3.06. The van der Waals surface area contributed by atoms with E-state index in [1.54, 1.807) is 45.1 Å². The van der Waals surface area contributed by atoms with E-state index in [4.69, 9.17) is 0 Å². The van der Waals surface area contributed by atoms with Crippen LogP contribution in [0.15, 0.2) is 125 Å². The van der Waals surface area contributed by atoms with E-state index in [0.29, 0.717) is 0 Å². The molecule has 47 heavy (non-hydrogen) atoms. The minimum Gasteiger partial charge on any atom is -1.00 e. The van der Waals surface area contributed by atoms with Gasteiger partial charge in [-0.3, -0.25) is 0 Å². The molecule has 0 amide bonds. The smallest absolute Gasteiger partial charge is 1.00 e. The molecule has 1 unspecified atom stereocenters. The molecular weight excluding hydrogens is 691 g/mol. The Kier molecular flexibility index (Phi) is 13.5. The summed E-state index contributed by atoms with van der Waals surface area (Å²) in [6.45, 7) is 12.0. The monoisotopic (exact) mass is 737 g/mol. The van der Waals surface area contributed by atoms with Gasteiger partial charge in [-0.2, -0.15) is 0 Å². The summed E-state index contributed by atoms with van der Waals surface area (Å²) in [6, 6.07) is 30.1. The third-order valence-electron chi connectivity index (χ3n) is 10.3. The van der Waals surface area contributed by atoms with Crippen molar-refractivity contribution in [2.24, 2.45) is 5.41 Å². The molecule has 243 valence electrons. The van der Waals surface area contributed by atoms with Gasteiger partial charge in [0, 0.05) is 0 Å². The molecule has 0 aliphatic heterocycles. The quantitative estimate of drug-likeness (QED) is 0.262. The average Bonchev–Trinajstić information content (AvgIpc) is 3.72. The number of fused-ring (bicyclic) bond motifs is 2. The molecule has 6 rings (SSSR count). The number of halogens is 2. The summed E-state index contributed by atoms with van der Waals surface area (Å²) in [6.07, 6.45) is 17.7. The molecule has 0 heterocycles. The van der Waals surface area contributed by atoms with Gasteiger partial charge >= 0.3 is 285 Å². The van der Waals surface area contributed by atoms with Crippen molar-refractivity contribution in [3.05, 3.63) is 152 Å². The maximum absolute atomic E-state index is 2.59. The van der Waals surface area contributed by atoms with E-state index in [0.717, 1.165) is 12.8 Å². The van der Waals surface area contributed by atoms with Gasteiger partial charge in [0.15, 0.2) is 0 Å². The van der Waals surface area contributed by atoms with Crippen LogP contribution in [0.5, 0.6) is 0 Å². The molecule has 0 saturated carbocycles. The molecule has 0 fully saturated rings. The van der Waals surface area contributed by atoms with Crippen molar-refractivity contribution in [3.63, 3.8) is 0 Å². The Bertz CT molecular complexity index is 1810. The predicted molar refractivity (Wildman–Crippen MR) is 191 cm³/mol. The van der Waals surface area contributed by atoms with E-state index in [9.17, 15) is 0 Å². The summed E-state index contributed by atoms with van der Waals surface area (Å²) in [7, 11) is 0. The normalized spacial score (nSPS) is 17.9. The van der Waals surface area contributed by atoms with Crippen molar-refractivity contribution < 1.29 is 47.6 Å². The SMILES string of the molecule is CCCC1=C(CCC)C(CC)(CCC)C(C2=CC=CC2)=C2[C]([Zr+2]=[C](c3ccccc3)c3ccccc3)=c3cc(CC)ccc3=C12.[Cl-].[Cl-]. The van der Waals surface area contributed by atoms with Crippen LogP contribution in [0.25, 0.3) is 8.85 Å². The fourth-order valence-corrected chi connectivity index (χ4v) is 12.2. The second-order valence-corrected chi connectivity index (χ2v) is 16.0. The van der Waals surface area contributed by atoms with Gasteiger partial charge in [-0.05, 0) is 0 Å². The fraction of sp³-hybridized carbons (Fsp3) is 0.341. The largest absolute Gasteiger partial charge is 1.00 e. The molecule has 3 heteroatoms. The number of hydrogen-bond donors (Lipinski definition) is 0. The average molecular weight is 740 g/mol. The van der Waals surface area contributed by atoms with Crippen LogP contribution in [0.2, 0.25) is 0 Å². The molecule has 0 nitrogen and oxygen atoms in total. The third kappa shape index (κ3) is 6.93. The first-order chi connectivity index (χ1) is 22.1. The van der Waals surface area contributed by atoms with E-state index >= 15 is 0 Å². The van der Waals surface area contributed by atoms with Gasteiger partial charge in [-0.1, -0.05) is 0 Å². The summed E-state index contributed by atoms with van der Waals surface area (Å²) >= 11 is -1.31. The van der Waals surface area contributed by atoms with Gasteiger partial charge in [-0.15, -0.1) is 0 Å². The maximum Gasteiger partial charge on any atom is -1.00 e. The molecule has 0 radical (unpaired) electrons. The van der Waals surface area contributed by atoms with Gasteiger partial charge < -0.3 is 24.8 Å². The zero-order valence-corrected chi connectivity index (χ0v) is 32.8. The Hall–Kier alpha value is -2.31. The van der Waals surface area contributed by atoms with Crippen LogP contribution >= 0.6 is 0 Å². The first kappa shape index (κ1) is 37.5. The topological polar surface area (TPSA) is 0 Å². The molecule has 0 spiro atoms. The third-order valence-corrected chi connectivity index (χ3v) is 14.2. The molecule has 0 saturated heterocycles. The van der Waals surface area contributed by atoms with Gasteiger partial charge in [0.2, 0.25) is 0 Å². The molecular formula is C44H49Cl2Zr. The summed E-state index contributed by atoms with van der Waals surface area (Å²) in [5.41, 5.74) is 14.4. The van der Waals surface area contributed by atoms with Gasteiger partial charge in [0.05, 0.1) is 0 Å². The van der Waals surface area contributed by atoms with Crippen LogP contribution in [0, 0.1) is 5.41 Å². The second kappa shape index (κ2) is 16.9.